The molecule has 4 nitrogen and oxygen atoms in total. The number of hydrogen-bond acceptors (Lipinski definition) is 3. The Balaban J connectivity index is 2.55. The minimum atomic E-state index is 0.190. The van der Waals surface area contributed by atoms with Crippen LogP contribution in [0.3, 0.4) is 0 Å². The second-order valence-electron chi connectivity index (χ2n) is 4.23. The molecule has 2 heterocycles. The van der Waals surface area contributed by atoms with Crippen LogP contribution >= 0.6 is 23.2 Å². The normalized spacial score (nSPS) is 11.2. The maximum atomic E-state index is 6.18. The third kappa shape index (κ3) is 2.35. The van der Waals surface area contributed by atoms with Gasteiger partial charge in [-0.25, -0.2) is 9.97 Å². The lowest BCUT2D eigenvalue weighted by Crippen LogP contribution is -2.04. The van der Waals surface area contributed by atoms with Crippen LogP contribution in [0.25, 0.3) is 11.5 Å². The highest BCUT2D eigenvalue weighted by Gasteiger charge is 2.17. The van der Waals surface area contributed by atoms with Gasteiger partial charge in [0.25, 0.3) is 0 Å². The van der Waals surface area contributed by atoms with Crippen molar-refractivity contribution < 1.29 is 0 Å². The van der Waals surface area contributed by atoms with Crippen molar-refractivity contribution in [1.82, 2.24) is 19.7 Å². The van der Waals surface area contributed by atoms with Crippen LogP contribution in [0, 0.1) is 0 Å². The molecule has 0 bridgehead atoms. The number of rotatable bonds is 3. The largest absolute Gasteiger partial charge is 0.262 e. The Bertz CT molecular complexity index is 540. The molecule has 0 radical (unpaired) electrons. The minimum Gasteiger partial charge on any atom is -0.262 e. The molecule has 2 aromatic rings. The van der Waals surface area contributed by atoms with Gasteiger partial charge in [0.15, 0.2) is 5.82 Å². The first-order valence-electron chi connectivity index (χ1n) is 5.79. The highest BCUT2D eigenvalue weighted by Crippen LogP contribution is 2.30. The van der Waals surface area contributed by atoms with Crippen molar-refractivity contribution in [2.24, 2.45) is 0 Å². The quantitative estimate of drug-likeness (QED) is 0.806. The van der Waals surface area contributed by atoms with E-state index in [0.717, 1.165) is 17.8 Å². The van der Waals surface area contributed by atoms with Crippen molar-refractivity contribution >= 4 is 23.2 Å². The van der Waals surface area contributed by atoms with Crippen LogP contribution in [0.15, 0.2) is 12.3 Å². The molecule has 0 amide bonds. The maximum Gasteiger partial charge on any atom is 0.180 e. The third-order valence-electron chi connectivity index (χ3n) is 2.68. The molecule has 0 aromatic carbocycles. The van der Waals surface area contributed by atoms with Gasteiger partial charge in [0.2, 0.25) is 0 Å². The van der Waals surface area contributed by atoms with Gasteiger partial charge in [-0.15, -0.1) is 0 Å². The monoisotopic (exact) mass is 284 g/mol. The van der Waals surface area contributed by atoms with Crippen molar-refractivity contribution in [2.45, 2.75) is 33.2 Å². The fourth-order valence-electron chi connectivity index (χ4n) is 1.78. The lowest BCUT2D eigenvalue weighted by Gasteiger charge is -2.11. The topological polar surface area (TPSA) is 43.6 Å². The van der Waals surface area contributed by atoms with Gasteiger partial charge in [-0.05, 0) is 18.9 Å². The van der Waals surface area contributed by atoms with Gasteiger partial charge in [-0.2, -0.15) is 5.10 Å². The first-order valence-corrected chi connectivity index (χ1v) is 6.55. The fraction of sp³-hybridized carbons (Fsp3) is 0.417. The molecule has 0 aliphatic carbocycles. The number of nitrogens with zero attached hydrogens (tertiary/aromatic N) is 4. The summed E-state index contributed by atoms with van der Waals surface area (Å²) in [6, 6.07) is 1.85. The molecule has 0 fully saturated rings. The van der Waals surface area contributed by atoms with Gasteiger partial charge < -0.3 is 0 Å². The molecule has 0 atom stereocenters. The molecule has 0 saturated carbocycles. The van der Waals surface area contributed by atoms with Crippen molar-refractivity contribution in [3.63, 3.8) is 0 Å². The first kappa shape index (κ1) is 13.3. The van der Waals surface area contributed by atoms with Crippen LogP contribution in [0.4, 0.5) is 0 Å². The minimum absolute atomic E-state index is 0.190. The number of aromatic nitrogens is 4. The number of halogens is 2. The van der Waals surface area contributed by atoms with Gasteiger partial charge in [-0.1, -0.05) is 37.0 Å². The van der Waals surface area contributed by atoms with E-state index in [4.69, 9.17) is 23.2 Å². The zero-order valence-electron chi connectivity index (χ0n) is 10.5. The lowest BCUT2D eigenvalue weighted by molar-refractivity contribution is 0.663. The van der Waals surface area contributed by atoms with Gasteiger partial charge in [-0.3, -0.25) is 4.68 Å². The Kier molecular flexibility index (Phi) is 3.88. The SMILES string of the molecule is CCn1nccc1-c1nc(Cl)c(C(C)C)c(Cl)n1. The van der Waals surface area contributed by atoms with Crippen molar-refractivity contribution in [2.75, 3.05) is 0 Å². The second kappa shape index (κ2) is 5.24. The summed E-state index contributed by atoms with van der Waals surface area (Å²) in [4.78, 5) is 8.63. The van der Waals surface area contributed by atoms with Gasteiger partial charge in [0, 0.05) is 18.3 Å². The predicted molar refractivity (Wildman–Crippen MR) is 73.0 cm³/mol. The summed E-state index contributed by atoms with van der Waals surface area (Å²) in [7, 11) is 0. The van der Waals surface area contributed by atoms with E-state index < -0.39 is 0 Å². The molecule has 0 aliphatic heterocycles. The molecular weight excluding hydrogens is 271 g/mol. The van der Waals surface area contributed by atoms with E-state index >= 15 is 0 Å². The van der Waals surface area contributed by atoms with Crippen molar-refractivity contribution in [3.8, 4) is 11.5 Å². The third-order valence-corrected chi connectivity index (χ3v) is 3.25. The van der Waals surface area contributed by atoms with Crippen LogP contribution in [-0.4, -0.2) is 19.7 Å². The number of hydrogen-bond donors (Lipinski definition) is 0. The molecule has 96 valence electrons. The summed E-state index contributed by atoms with van der Waals surface area (Å²) in [5.41, 5.74) is 1.60. The van der Waals surface area contributed by atoms with E-state index in [1.54, 1.807) is 10.9 Å². The van der Waals surface area contributed by atoms with Crippen LogP contribution in [0.2, 0.25) is 10.3 Å². The molecule has 0 aliphatic rings. The fourth-order valence-corrected chi connectivity index (χ4v) is 2.61. The number of aryl methyl sites for hydroxylation is 1. The highest BCUT2D eigenvalue weighted by molar-refractivity contribution is 6.34. The molecule has 0 unspecified atom stereocenters. The van der Waals surface area contributed by atoms with Crippen molar-refractivity contribution in [1.29, 1.82) is 0 Å². The molecule has 2 rings (SSSR count). The second-order valence-corrected chi connectivity index (χ2v) is 4.95. The molecule has 0 saturated heterocycles. The predicted octanol–water partition coefficient (Wildman–Crippen LogP) is 3.79. The molecule has 0 spiro atoms. The Morgan fingerprint density at radius 2 is 1.83 bits per heavy atom. The molecule has 0 N–H and O–H groups in total. The summed E-state index contributed by atoms with van der Waals surface area (Å²) < 4.78 is 1.80. The molecule has 2 aromatic heterocycles. The van der Waals surface area contributed by atoms with E-state index in [9.17, 15) is 0 Å². The summed E-state index contributed by atoms with van der Waals surface area (Å²) in [5, 5.41) is 4.99. The average Bonchev–Trinajstić information content (AvgIpc) is 2.75. The zero-order chi connectivity index (χ0) is 13.3. The van der Waals surface area contributed by atoms with Gasteiger partial charge >= 0.3 is 0 Å². The first-order chi connectivity index (χ1) is 8.54. The molecule has 18 heavy (non-hydrogen) atoms. The maximum absolute atomic E-state index is 6.18. The lowest BCUT2D eigenvalue weighted by atomic mass is 10.1. The van der Waals surface area contributed by atoms with Gasteiger partial charge in [0.05, 0.1) is 0 Å². The average molecular weight is 285 g/mol. The van der Waals surface area contributed by atoms with E-state index in [0.29, 0.717) is 16.1 Å². The Morgan fingerprint density at radius 3 is 2.33 bits per heavy atom. The van der Waals surface area contributed by atoms with E-state index in [-0.39, 0.29) is 5.92 Å². The van der Waals surface area contributed by atoms with E-state index in [2.05, 4.69) is 15.1 Å². The summed E-state index contributed by atoms with van der Waals surface area (Å²) in [6.45, 7) is 6.76. The van der Waals surface area contributed by atoms with Gasteiger partial charge in [0.1, 0.15) is 16.0 Å². The Labute approximate surface area is 116 Å². The van der Waals surface area contributed by atoms with Crippen LogP contribution in [0.5, 0.6) is 0 Å². The van der Waals surface area contributed by atoms with Crippen LogP contribution in [0.1, 0.15) is 32.3 Å². The smallest absolute Gasteiger partial charge is 0.180 e. The van der Waals surface area contributed by atoms with E-state index in [1.165, 1.54) is 0 Å². The van der Waals surface area contributed by atoms with Crippen molar-refractivity contribution in [3.05, 3.63) is 28.1 Å². The van der Waals surface area contributed by atoms with E-state index in [1.807, 2.05) is 26.8 Å². The molecule has 6 heteroatoms. The summed E-state index contributed by atoms with van der Waals surface area (Å²) in [6.07, 6.45) is 1.71. The Morgan fingerprint density at radius 1 is 1.22 bits per heavy atom. The summed E-state index contributed by atoms with van der Waals surface area (Å²) >= 11 is 12.4. The Hall–Kier alpha value is -1.13. The van der Waals surface area contributed by atoms with Crippen LogP contribution in [-0.2, 0) is 6.54 Å². The standard InChI is InChI=1S/C12H14Cl2N4/c1-4-18-8(5-6-15-18)12-16-10(13)9(7(2)3)11(14)17-12/h5-7H,4H2,1-3H3. The molecular formula is C12H14Cl2N4. The summed E-state index contributed by atoms with van der Waals surface area (Å²) in [5.74, 6) is 0.698. The zero-order valence-corrected chi connectivity index (χ0v) is 12.0. The van der Waals surface area contributed by atoms with Crippen LogP contribution < -0.4 is 0 Å². The highest BCUT2D eigenvalue weighted by atomic mass is 35.5.